The maximum absolute atomic E-state index is 12.3. The summed E-state index contributed by atoms with van der Waals surface area (Å²) in [5.41, 5.74) is 7.00. The first-order valence-electron chi connectivity index (χ1n) is 10.7. The van der Waals surface area contributed by atoms with Gasteiger partial charge >= 0.3 is 6.09 Å². The lowest BCUT2D eigenvalue weighted by Gasteiger charge is -2.30. The number of carbonyl (C=O) groups excluding carboxylic acids is 2. The first-order valence-corrected chi connectivity index (χ1v) is 10.7. The molecule has 0 saturated heterocycles. The van der Waals surface area contributed by atoms with Gasteiger partial charge in [0.25, 0.3) is 0 Å². The first kappa shape index (κ1) is 21.0. The number of carbonyl (C=O) groups is 2. The van der Waals surface area contributed by atoms with Gasteiger partial charge in [0.2, 0.25) is 0 Å². The molecule has 0 fully saturated rings. The molecule has 31 heavy (non-hydrogen) atoms. The highest BCUT2D eigenvalue weighted by Crippen LogP contribution is 2.36. The number of hydrogen-bond acceptors (Lipinski definition) is 4. The molecule has 1 aliphatic heterocycles. The molecular weight excluding hydrogens is 388 g/mol. The van der Waals surface area contributed by atoms with Crippen LogP contribution in [0.15, 0.2) is 54.3 Å². The summed E-state index contributed by atoms with van der Waals surface area (Å²) in [6.07, 6.45) is 7.61. The Balaban J connectivity index is 1.53. The highest BCUT2D eigenvalue weighted by Gasteiger charge is 2.26. The van der Waals surface area contributed by atoms with Crippen molar-refractivity contribution in [2.24, 2.45) is 0 Å². The molecule has 0 radical (unpaired) electrons. The summed E-state index contributed by atoms with van der Waals surface area (Å²) in [6.45, 7) is 8.42. The number of nitrogens with zero attached hydrogens (tertiary/aromatic N) is 2. The van der Waals surface area contributed by atoms with Crippen LogP contribution in [0.3, 0.4) is 0 Å². The van der Waals surface area contributed by atoms with Gasteiger partial charge in [-0.15, -0.1) is 0 Å². The summed E-state index contributed by atoms with van der Waals surface area (Å²) in [5.74, 6) is 0.0634. The molecule has 5 heteroatoms. The second kappa shape index (κ2) is 8.14. The molecule has 1 amide bonds. The van der Waals surface area contributed by atoms with Crippen molar-refractivity contribution in [2.45, 2.75) is 46.1 Å². The van der Waals surface area contributed by atoms with E-state index in [1.807, 2.05) is 51.2 Å². The lowest BCUT2D eigenvalue weighted by Crippen LogP contribution is -2.39. The van der Waals surface area contributed by atoms with Gasteiger partial charge in [0.1, 0.15) is 5.60 Å². The molecule has 2 aromatic rings. The minimum Gasteiger partial charge on any atom is -0.444 e. The van der Waals surface area contributed by atoms with Crippen LogP contribution in [-0.2, 0) is 11.2 Å². The van der Waals surface area contributed by atoms with E-state index in [-0.39, 0.29) is 11.9 Å². The molecule has 160 valence electrons. The maximum Gasteiger partial charge on any atom is 0.410 e. The number of ether oxygens (including phenoxy) is 1. The van der Waals surface area contributed by atoms with Gasteiger partial charge in [-0.2, -0.15) is 0 Å². The molecule has 1 aromatic heterocycles. The van der Waals surface area contributed by atoms with E-state index in [2.05, 4.69) is 18.2 Å². The number of amides is 1. The minimum absolute atomic E-state index is 0.0634. The van der Waals surface area contributed by atoms with Crippen LogP contribution in [0.2, 0.25) is 0 Å². The summed E-state index contributed by atoms with van der Waals surface area (Å²) in [5, 5.41) is 0. The van der Waals surface area contributed by atoms with Gasteiger partial charge in [0.15, 0.2) is 5.78 Å². The van der Waals surface area contributed by atoms with Crippen LogP contribution < -0.4 is 0 Å². The summed E-state index contributed by atoms with van der Waals surface area (Å²) >= 11 is 0. The van der Waals surface area contributed by atoms with Gasteiger partial charge in [-0.25, -0.2) is 4.79 Å². The number of rotatable bonds is 3. The third-order valence-electron chi connectivity index (χ3n) is 5.59. The number of fused-ring (bicyclic) bond motifs is 1. The molecule has 1 aliphatic carbocycles. The second-order valence-corrected chi connectivity index (χ2v) is 9.08. The summed E-state index contributed by atoms with van der Waals surface area (Å²) in [6, 6.07) is 9.84. The van der Waals surface area contributed by atoms with E-state index in [1.165, 1.54) is 11.1 Å². The van der Waals surface area contributed by atoms with E-state index in [0.29, 0.717) is 18.7 Å². The van der Waals surface area contributed by atoms with Crippen LogP contribution in [0.5, 0.6) is 0 Å². The quantitative estimate of drug-likeness (QED) is 0.624. The normalized spacial score (nSPS) is 15.8. The van der Waals surface area contributed by atoms with Crippen molar-refractivity contribution < 1.29 is 14.3 Å². The average Bonchev–Trinajstić information content (AvgIpc) is 3.16. The molecule has 4 rings (SSSR count). The van der Waals surface area contributed by atoms with Crippen molar-refractivity contribution in [1.82, 2.24) is 9.88 Å². The van der Waals surface area contributed by atoms with Crippen molar-refractivity contribution in [3.8, 4) is 11.1 Å². The molecule has 0 spiro atoms. The van der Waals surface area contributed by atoms with Crippen molar-refractivity contribution in [3.63, 3.8) is 0 Å². The molecule has 5 nitrogen and oxygen atoms in total. The van der Waals surface area contributed by atoms with Crippen molar-refractivity contribution in [2.75, 3.05) is 13.1 Å². The highest BCUT2D eigenvalue weighted by molar-refractivity contribution is 5.94. The monoisotopic (exact) mass is 416 g/mol. The van der Waals surface area contributed by atoms with Gasteiger partial charge in [0, 0.05) is 42.4 Å². The zero-order valence-electron chi connectivity index (χ0n) is 18.6. The zero-order chi connectivity index (χ0) is 22.2. The third-order valence-corrected chi connectivity index (χ3v) is 5.59. The van der Waals surface area contributed by atoms with E-state index in [0.717, 1.165) is 35.2 Å². The van der Waals surface area contributed by atoms with Crippen LogP contribution in [0.1, 0.15) is 55.7 Å². The Morgan fingerprint density at radius 2 is 1.81 bits per heavy atom. The molecule has 2 heterocycles. The number of ketones is 1. The fourth-order valence-electron chi connectivity index (χ4n) is 3.96. The Morgan fingerprint density at radius 3 is 2.42 bits per heavy atom. The van der Waals surface area contributed by atoms with Gasteiger partial charge in [-0.05, 0) is 56.9 Å². The second-order valence-electron chi connectivity index (χ2n) is 9.08. The van der Waals surface area contributed by atoms with E-state index >= 15 is 0 Å². The van der Waals surface area contributed by atoms with Gasteiger partial charge in [0.05, 0.1) is 5.69 Å². The number of Topliss-reactive ketones (excluding diaryl/α,β-unsaturated/α-hetero) is 1. The van der Waals surface area contributed by atoms with E-state index in [1.54, 1.807) is 11.8 Å². The Labute approximate surface area is 183 Å². The highest BCUT2D eigenvalue weighted by atomic mass is 16.6. The Kier molecular flexibility index (Phi) is 5.52. The molecule has 0 unspecified atom stereocenters. The summed E-state index contributed by atoms with van der Waals surface area (Å²) in [7, 11) is 0. The Bertz CT molecular complexity index is 1090. The van der Waals surface area contributed by atoms with Crippen molar-refractivity contribution >= 4 is 17.4 Å². The summed E-state index contributed by atoms with van der Waals surface area (Å²) in [4.78, 5) is 30.3. The molecule has 2 aliphatic rings. The van der Waals surface area contributed by atoms with Gasteiger partial charge < -0.3 is 9.64 Å². The average molecular weight is 417 g/mol. The number of hydrogen-bond donors (Lipinski definition) is 0. The van der Waals surface area contributed by atoms with Crippen LogP contribution >= 0.6 is 0 Å². The van der Waals surface area contributed by atoms with Gasteiger partial charge in [-0.3, -0.25) is 9.78 Å². The predicted molar refractivity (Wildman–Crippen MR) is 122 cm³/mol. The first-order chi connectivity index (χ1) is 14.7. The maximum atomic E-state index is 12.3. The van der Waals surface area contributed by atoms with Gasteiger partial charge in [-0.1, -0.05) is 36.4 Å². The minimum atomic E-state index is -0.487. The van der Waals surface area contributed by atoms with E-state index in [4.69, 9.17) is 9.72 Å². The fourth-order valence-corrected chi connectivity index (χ4v) is 3.96. The van der Waals surface area contributed by atoms with Crippen molar-refractivity contribution in [1.29, 1.82) is 0 Å². The van der Waals surface area contributed by atoms with Crippen LogP contribution in [0.25, 0.3) is 16.7 Å². The smallest absolute Gasteiger partial charge is 0.410 e. The standard InChI is InChI=1S/C26H28N2O3/c1-17(29)18-5-7-19(8-6-18)21-15-23-22(9-10-24(23)27-16-21)20-11-13-28(14-12-20)25(30)31-26(2,3)4/h5-9,11,15-16H,10,12-14H2,1-4H3. The van der Waals surface area contributed by atoms with E-state index < -0.39 is 5.60 Å². The molecular formula is C26H28N2O3. The largest absolute Gasteiger partial charge is 0.444 e. The zero-order valence-corrected chi connectivity index (χ0v) is 18.6. The molecule has 1 aromatic carbocycles. The number of pyridine rings is 1. The van der Waals surface area contributed by atoms with E-state index in [9.17, 15) is 9.59 Å². The molecule has 0 atom stereocenters. The Hall–Kier alpha value is -3.21. The lowest BCUT2D eigenvalue weighted by molar-refractivity contribution is 0.0267. The van der Waals surface area contributed by atoms with Crippen LogP contribution in [0.4, 0.5) is 4.79 Å². The topological polar surface area (TPSA) is 59.5 Å². The summed E-state index contributed by atoms with van der Waals surface area (Å²) < 4.78 is 5.49. The number of benzene rings is 1. The predicted octanol–water partition coefficient (Wildman–Crippen LogP) is 5.46. The lowest BCUT2D eigenvalue weighted by atomic mass is 9.94. The molecule has 0 N–H and O–H groups in total. The van der Waals surface area contributed by atoms with Crippen LogP contribution in [-0.4, -0.2) is 40.5 Å². The molecule has 0 saturated carbocycles. The SMILES string of the molecule is CC(=O)c1ccc(-c2cnc3c(c2)C(C2=CCN(C(=O)OC(C)(C)C)CC2)=CC3)cc1. The van der Waals surface area contributed by atoms with Crippen LogP contribution in [0, 0.1) is 0 Å². The van der Waals surface area contributed by atoms with Crippen molar-refractivity contribution in [3.05, 3.63) is 71.1 Å². The molecule has 0 bridgehead atoms. The fraction of sp³-hybridized carbons (Fsp3) is 0.346. The Morgan fingerprint density at radius 1 is 1.06 bits per heavy atom. The number of allylic oxidation sites excluding steroid dienone is 2. The third kappa shape index (κ3) is 4.61. The number of aromatic nitrogens is 1.